The Morgan fingerprint density at radius 1 is 0.459 bits per heavy atom. The topological polar surface area (TPSA) is 26.0 Å². The number of nitrogens with zero attached hydrogens (tertiary/aromatic N) is 1. The van der Waals surface area contributed by atoms with Crippen LogP contribution in [0.2, 0.25) is 0 Å². The Kier molecular flexibility index (Phi) is 4.26. The van der Waals surface area contributed by atoms with Gasteiger partial charge < -0.3 is 4.42 Å². The summed E-state index contributed by atoms with van der Waals surface area (Å²) in [6.07, 6.45) is 1.88. The van der Waals surface area contributed by atoms with Gasteiger partial charge in [0, 0.05) is 27.7 Å². The van der Waals surface area contributed by atoms with Gasteiger partial charge >= 0.3 is 0 Å². The average molecular weight is 472 g/mol. The van der Waals surface area contributed by atoms with Crippen molar-refractivity contribution >= 4 is 54.4 Å². The Morgan fingerprint density at radius 2 is 1.19 bits per heavy atom. The number of aromatic nitrogens is 1. The maximum absolute atomic E-state index is 6.38. The Morgan fingerprint density at radius 3 is 2.14 bits per heavy atom. The smallest absolute Gasteiger partial charge is 0.136 e. The molecule has 0 aliphatic heterocycles. The maximum atomic E-state index is 6.38. The van der Waals surface area contributed by atoms with Crippen molar-refractivity contribution in [3.63, 3.8) is 0 Å². The molecule has 0 aliphatic rings. The highest BCUT2D eigenvalue weighted by molar-refractivity contribution is 6.19. The molecule has 0 radical (unpaired) electrons. The van der Waals surface area contributed by atoms with Crippen LogP contribution >= 0.6 is 0 Å². The predicted octanol–water partition coefficient (Wildman–Crippen LogP) is 9.77. The molecule has 0 amide bonds. The zero-order chi connectivity index (χ0) is 24.3. The minimum atomic E-state index is 0.896. The summed E-state index contributed by atoms with van der Waals surface area (Å²) in [4.78, 5) is 4.78. The van der Waals surface area contributed by atoms with Gasteiger partial charge in [-0.3, -0.25) is 4.98 Å². The molecule has 0 N–H and O–H groups in total. The molecule has 6 aromatic carbocycles. The van der Waals surface area contributed by atoms with Crippen LogP contribution in [0.25, 0.3) is 76.6 Å². The summed E-state index contributed by atoms with van der Waals surface area (Å²) in [5, 5.41) is 8.26. The van der Waals surface area contributed by atoms with E-state index in [0.717, 1.165) is 38.4 Å². The molecule has 37 heavy (non-hydrogen) atoms. The van der Waals surface area contributed by atoms with Gasteiger partial charge in [-0.1, -0.05) is 97.1 Å². The number of benzene rings is 6. The van der Waals surface area contributed by atoms with E-state index < -0.39 is 0 Å². The first-order valence-electron chi connectivity index (χ1n) is 12.6. The van der Waals surface area contributed by atoms with Crippen LogP contribution in [0.3, 0.4) is 0 Å². The number of rotatable bonds is 2. The van der Waals surface area contributed by atoms with Gasteiger partial charge in [-0.2, -0.15) is 0 Å². The van der Waals surface area contributed by atoms with Crippen molar-refractivity contribution in [2.45, 2.75) is 0 Å². The number of hydrogen-bond donors (Lipinski definition) is 0. The minimum Gasteiger partial charge on any atom is -0.456 e. The number of fused-ring (bicyclic) bond motifs is 7. The Labute approximate surface area is 213 Å². The number of hydrogen-bond acceptors (Lipinski definition) is 2. The summed E-state index contributed by atoms with van der Waals surface area (Å²) in [7, 11) is 0. The summed E-state index contributed by atoms with van der Waals surface area (Å²) in [6.45, 7) is 0. The van der Waals surface area contributed by atoms with Crippen LogP contribution < -0.4 is 0 Å². The van der Waals surface area contributed by atoms with E-state index in [1.54, 1.807) is 0 Å². The zero-order valence-electron chi connectivity index (χ0n) is 20.0. The Bertz CT molecular complexity index is 2150. The molecule has 2 heteroatoms. The van der Waals surface area contributed by atoms with Crippen molar-refractivity contribution in [3.05, 3.63) is 128 Å². The number of furan rings is 1. The third-order valence-electron chi connectivity index (χ3n) is 7.50. The van der Waals surface area contributed by atoms with Crippen LogP contribution in [0.1, 0.15) is 0 Å². The highest BCUT2D eigenvalue weighted by atomic mass is 16.3. The maximum Gasteiger partial charge on any atom is 0.136 e. The molecule has 0 fully saturated rings. The van der Waals surface area contributed by atoms with E-state index in [0.29, 0.717) is 0 Å². The van der Waals surface area contributed by atoms with E-state index in [1.165, 1.54) is 38.2 Å². The highest BCUT2D eigenvalue weighted by Crippen LogP contribution is 2.42. The molecule has 0 saturated carbocycles. The van der Waals surface area contributed by atoms with E-state index in [4.69, 9.17) is 9.40 Å². The van der Waals surface area contributed by atoms with Gasteiger partial charge in [0.15, 0.2) is 0 Å². The zero-order valence-corrected chi connectivity index (χ0v) is 20.0. The van der Waals surface area contributed by atoms with E-state index in [9.17, 15) is 0 Å². The van der Waals surface area contributed by atoms with E-state index in [1.807, 2.05) is 12.3 Å². The summed E-state index contributed by atoms with van der Waals surface area (Å²) < 4.78 is 6.38. The lowest BCUT2D eigenvalue weighted by Gasteiger charge is -2.11. The van der Waals surface area contributed by atoms with Crippen molar-refractivity contribution in [2.24, 2.45) is 0 Å². The lowest BCUT2D eigenvalue weighted by Crippen LogP contribution is -1.87. The van der Waals surface area contributed by atoms with Crippen molar-refractivity contribution in [1.29, 1.82) is 0 Å². The van der Waals surface area contributed by atoms with Crippen molar-refractivity contribution in [3.8, 4) is 22.3 Å². The molecule has 0 atom stereocenters. The summed E-state index contributed by atoms with van der Waals surface area (Å²) in [5.41, 5.74) is 7.57. The quantitative estimate of drug-likeness (QED) is 0.235. The SMILES string of the molecule is c1ccc2c(-c3ccc4oc5cccc(-c6cccc7ccc8cccnc8c67)c5c4c3)cccc2c1. The van der Waals surface area contributed by atoms with Gasteiger partial charge in [-0.15, -0.1) is 0 Å². The van der Waals surface area contributed by atoms with E-state index >= 15 is 0 Å². The van der Waals surface area contributed by atoms with Gasteiger partial charge in [0.25, 0.3) is 0 Å². The summed E-state index contributed by atoms with van der Waals surface area (Å²) in [5.74, 6) is 0. The summed E-state index contributed by atoms with van der Waals surface area (Å²) >= 11 is 0. The Hall–Kier alpha value is -4.95. The van der Waals surface area contributed by atoms with Gasteiger partial charge in [0.1, 0.15) is 11.2 Å². The van der Waals surface area contributed by atoms with Crippen molar-refractivity contribution in [2.75, 3.05) is 0 Å². The molecular weight excluding hydrogens is 450 g/mol. The molecule has 172 valence electrons. The predicted molar refractivity (Wildman–Crippen MR) is 155 cm³/mol. The second-order valence-electron chi connectivity index (χ2n) is 9.56. The van der Waals surface area contributed by atoms with Gasteiger partial charge in [0.05, 0.1) is 5.52 Å². The molecule has 0 bridgehead atoms. The van der Waals surface area contributed by atoms with Crippen LogP contribution in [-0.4, -0.2) is 4.98 Å². The first-order valence-corrected chi connectivity index (χ1v) is 12.6. The van der Waals surface area contributed by atoms with Crippen molar-refractivity contribution < 1.29 is 4.42 Å². The van der Waals surface area contributed by atoms with Crippen LogP contribution in [0.5, 0.6) is 0 Å². The van der Waals surface area contributed by atoms with E-state index in [2.05, 4.69) is 115 Å². The lowest BCUT2D eigenvalue weighted by atomic mass is 9.92. The normalized spacial score (nSPS) is 11.8. The van der Waals surface area contributed by atoms with Crippen LogP contribution in [0, 0.1) is 0 Å². The van der Waals surface area contributed by atoms with E-state index in [-0.39, 0.29) is 0 Å². The fourth-order valence-corrected chi connectivity index (χ4v) is 5.83. The summed E-state index contributed by atoms with van der Waals surface area (Å²) in [6, 6.07) is 43.0. The molecule has 0 saturated heterocycles. The van der Waals surface area contributed by atoms with Crippen LogP contribution in [-0.2, 0) is 0 Å². The molecule has 8 rings (SSSR count). The van der Waals surface area contributed by atoms with Gasteiger partial charge in [0.2, 0.25) is 0 Å². The van der Waals surface area contributed by atoms with Gasteiger partial charge in [-0.25, -0.2) is 0 Å². The Balaban J connectivity index is 1.46. The molecule has 0 unspecified atom stereocenters. The first kappa shape index (κ1) is 20.3. The van der Waals surface area contributed by atoms with Crippen LogP contribution in [0.4, 0.5) is 0 Å². The third-order valence-corrected chi connectivity index (χ3v) is 7.50. The third kappa shape index (κ3) is 3.03. The molecule has 0 spiro atoms. The standard InChI is InChI=1S/C35H21NO/c1-2-11-26-22(7-1)8-3-12-27(26)25-18-19-31-30(21-25)34-29(14-5-15-32(34)37-31)28-13-4-9-23-16-17-24-10-6-20-36-35(24)33(23)28/h1-21H. The number of pyridine rings is 1. The average Bonchev–Trinajstić information content (AvgIpc) is 3.34. The lowest BCUT2D eigenvalue weighted by molar-refractivity contribution is 0.669. The van der Waals surface area contributed by atoms with Crippen LogP contribution in [0.15, 0.2) is 132 Å². The fourth-order valence-electron chi connectivity index (χ4n) is 5.83. The fraction of sp³-hybridized carbons (Fsp3) is 0. The second kappa shape index (κ2) is 7.78. The molecule has 8 aromatic rings. The largest absolute Gasteiger partial charge is 0.456 e. The highest BCUT2D eigenvalue weighted by Gasteiger charge is 2.17. The van der Waals surface area contributed by atoms with Gasteiger partial charge in [-0.05, 0) is 62.7 Å². The second-order valence-corrected chi connectivity index (χ2v) is 9.56. The molecule has 2 nitrogen and oxygen atoms in total. The first-order chi connectivity index (χ1) is 18.3. The molecular formula is C35H21NO. The minimum absolute atomic E-state index is 0.896. The van der Waals surface area contributed by atoms with Crippen molar-refractivity contribution in [1.82, 2.24) is 4.98 Å². The molecule has 2 aromatic heterocycles. The molecule has 2 heterocycles. The molecule has 0 aliphatic carbocycles. The monoisotopic (exact) mass is 471 g/mol.